The van der Waals surface area contributed by atoms with Crippen molar-refractivity contribution in [3.05, 3.63) is 45.5 Å². The Morgan fingerprint density at radius 2 is 2.06 bits per heavy atom. The van der Waals surface area contributed by atoms with E-state index in [-0.39, 0.29) is 41.2 Å². The van der Waals surface area contributed by atoms with E-state index in [4.69, 9.17) is 23.2 Å². The number of aliphatic hydroxyl groups excluding tert-OH is 1. The van der Waals surface area contributed by atoms with E-state index in [1.165, 1.54) is 12.1 Å². The Kier molecular flexibility index (Phi) is 7.64. The quantitative estimate of drug-likeness (QED) is 0.558. The molecule has 0 saturated carbocycles. The van der Waals surface area contributed by atoms with Crippen molar-refractivity contribution in [3.8, 4) is 0 Å². The zero-order valence-electron chi connectivity index (χ0n) is 17.1. The predicted molar refractivity (Wildman–Crippen MR) is 117 cm³/mol. The van der Waals surface area contributed by atoms with Crippen LogP contribution in [-0.2, 0) is 34.4 Å². The number of carboxylic acids is 1. The van der Waals surface area contributed by atoms with Crippen molar-refractivity contribution in [1.29, 1.82) is 0 Å². The molecule has 0 amide bonds. The van der Waals surface area contributed by atoms with Gasteiger partial charge in [-0.15, -0.1) is 0 Å². The zero-order chi connectivity index (χ0) is 22.8. The smallest absolute Gasteiger partial charge is 0.322 e. The summed E-state index contributed by atoms with van der Waals surface area (Å²) >= 11 is 12.6. The number of rotatable bonds is 9. The average Bonchev–Trinajstić information content (AvgIpc) is 3.33. The monoisotopic (exact) mass is 489 g/mol. The molecule has 170 valence electrons. The van der Waals surface area contributed by atoms with Crippen LogP contribution in [0.1, 0.15) is 49.7 Å². The van der Waals surface area contributed by atoms with Crippen molar-refractivity contribution in [2.45, 2.75) is 63.1 Å². The average molecular weight is 490 g/mol. The van der Waals surface area contributed by atoms with E-state index in [1.807, 2.05) is 0 Å². The Hall–Kier alpha value is -1.65. The molecule has 1 aromatic heterocycles. The second-order valence-electron chi connectivity index (χ2n) is 7.48. The van der Waals surface area contributed by atoms with Crippen LogP contribution in [0.15, 0.2) is 23.1 Å². The molecule has 1 unspecified atom stereocenters. The van der Waals surface area contributed by atoms with Crippen LogP contribution in [0, 0.1) is 0 Å². The van der Waals surface area contributed by atoms with Crippen LogP contribution in [0.25, 0.3) is 0 Å². The van der Waals surface area contributed by atoms with Gasteiger partial charge in [-0.1, -0.05) is 42.6 Å². The number of unbranched alkanes of at least 4 members (excludes halogenated alkanes) is 1. The number of hydrogen-bond donors (Lipinski definition) is 2. The van der Waals surface area contributed by atoms with E-state index >= 15 is 0 Å². The summed E-state index contributed by atoms with van der Waals surface area (Å²) in [7, 11) is -3.99. The van der Waals surface area contributed by atoms with Crippen molar-refractivity contribution < 1.29 is 23.4 Å². The van der Waals surface area contributed by atoms with Gasteiger partial charge < -0.3 is 14.8 Å². The Bertz CT molecular complexity index is 1070. The molecule has 11 heteroatoms. The highest BCUT2D eigenvalue weighted by Gasteiger charge is 2.39. The first-order valence-corrected chi connectivity index (χ1v) is 12.3. The molecule has 3 rings (SSSR count). The van der Waals surface area contributed by atoms with Gasteiger partial charge in [0, 0.05) is 18.0 Å². The summed E-state index contributed by atoms with van der Waals surface area (Å²) in [4.78, 5) is 15.7. The van der Waals surface area contributed by atoms with E-state index < -0.39 is 22.0 Å². The van der Waals surface area contributed by atoms with Crippen molar-refractivity contribution in [2.75, 3.05) is 6.54 Å². The third-order valence-corrected chi connectivity index (χ3v) is 8.01. The van der Waals surface area contributed by atoms with Crippen molar-refractivity contribution in [1.82, 2.24) is 13.9 Å². The largest absolute Gasteiger partial charge is 0.480 e. The topological polar surface area (TPSA) is 113 Å². The molecule has 8 nitrogen and oxygen atoms in total. The normalized spacial score (nSPS) is 17.4. The maximum atomic E-state index is 13.0. The third kappa shape index (κ3) is 4.90. The van der Waals surface area contributed by atoms with Crippen molar-refractivity contribution in [3.63, 3.8) is 0 Å². The summed E-state index contributed by atoms with van der Waals surface area (Å²) in [5.41, 5.74) is 1.11. The van der Waals surface area contributed by atoms with Gasteiger partial charge in [0.25, 0.3) is 0 Å². The molecular formula is C20H25Cl2N3O5S. The Balaban J connectivity index is 1.91. The van der Waals surface area contributed by atoms with Gasteiger partial charge >= 0.3 is 5.97 Å². The standard InChI is InChI=1S/C20H25Cl2N3O5S/c1-2-3-6-18-23-19(22)17(12-26)24(18)11-13-7-8-14(10-15(13)21)31(29,30)25-9-4-5-16(25)20(27)28/h7-8,10,16,26H,2-6,9,11-12H2,1H3,(H,27,28). The molecule has 2 heterocycles. The molecule has 2 N–H and O–H groups in total. The summed E-state index contributed by atoms with van der Waals surface area (Å²) in [6.07, 6.45) is 3.34. The highest BCUT2D eigenvalue weighted by Crippen LogP contribution is 2.30. The molecular weight excluding hydrogens is 465 g/mol. The van der Waals surface area contributed by atoms with Crippen molar-refractivity contribution >= 4 is 39.2 Å². The number of carbonyl (C=O) groups is 1. The summed E-state index contributed by atoms with van der Waals surface area (Å²) < 4.78 is 28.8. The Morgan fingerprint density at radius 1 is 1.32 bits per heavy atom. The minimum absolute atomic E-state index is 0.0494. The van der Waals surface area contributed by atoms with Gasteiger partial charge in [0.2, 0.25) is 10.0 Å². The molecule has 1 aliphatic heterocycles. The fourth-order valence-electron chi connectivity index (χ4n) is 3.77. The number of carboxylic acid groups (broad SMARTS) is 1. The van der Waals surface area contributed by atoms with Crippen LogP contribution < -0.4 is 0 Å². The Labute approximate surface area is 191 Å². The number of sulfonamides is 1. The second-order valence-corrected chi connectivity index (χ2v) is 10.1. The second kappa shape index (κ2) is 9.87. The lowest BCUT2D eigenvalue weighted by Crippen LogP contribution is -2.40. The van der Waals surface area contributed by atoms with Gasteiger partial charge in [-0.3, -0.25) is 4.79 Å². The molecule has 0 bridgehead atoms. The molecule has 2 aromatic rings. The molecule has 1 fully saturated rings. The number of aryl methyl sites for hydroxylation is 1. The third-order valence-electron chi connectivity index (χ3n) is 5.45. The van der Waals surface area contributed by atoms with Crippen LogP contribution in [0.4, 0.5) is 0 Å². The number of aromatic nitrogens is 2. The number of benzene rings is 1. The summed E-state index contributed by atoms with van der Waals surface area (Å²) in [6, 6.07) is 3.30. The first-order valence-electron chi connectivity index (χ1n) is 10.1. The molecule has 1 saturated heterocycles. The van der Waals surface area contributed by atoms with E-state index in [0.29, 0.717) is 24.1 Å². The number of hydrogen-bond acceptors (Lipinski definition) is 5. The van der Waals surface area contributed by atoms with Crippen LogP contribution in [-0.4, -0.2) is 51.0 Å². The van der Waals surface area contributed by atoms with Gasteiger partial charge in [0.05, 0.1) is 23.7 Å². The molecule has 0 radical (unpaired) electrons. The molecule has 0 aliphatic carbocycles. The van der Waals surface area contributed by atoms with E-state index in [2.05, 4.69) is 11.9 Å². The molecule has 0 spiro atoms. The Morgan fingerprint density at radius 3 is 2.68 bits per heavy atom. The zero-order valence-corrected chi connectivity index (χ0v) is 19.4. The summed E-state index contributed by atoms with van der Waals surface area (Å²) in [5, 5.41) is 19.5. The number of aliphatic hydroxyl groups is 1. The molecule has 1 atom stereocenters. The lowest BCUT2D eigenvalue weighted by atomic mass is 10.2. The highest BCUT2D eigenvalue weighted by atomic mass is 35.5. The lowest BCUT2D eigenvalue weighted by Gasteiger charge is -2.21. The van der Waals surface area contributed by atoms with Crippen LogP contribution >= 0.6 is 23.2 Å². The number of aliphatic carboxylic acids is 1. The van der Waals surface area contributed by atoms with E-state index in [9.17, 15) is 23.4 Å². The maximum Gasteiger partial charge on any atom is 0.322 e. The minimum Gasteiger partial charge on any atom is -0.480 e. The highest BCUT2D eigenvalue weighted by molar-refractivity contribution is 7.89. The van der Waals surface area contributed by atoms with Gasteiger partial charge in [0.15, 0.2) is 5.15 Å². The van der Waals surface area contributed by atoms with E-state index in [1.54, 1.807) is 10.6 Å². The number of nitrogens with zero attached hydrogens (tertiary/aromatic N) is 3. The molecule has 1 aliphatic rings. The summed E-state index contributed by atoms with van der Waals surface area (Å²) in [6.45, 7) is 2.21. The van der Waals surface area contributed by atoms with Gasteiger partial charge in [0.1, 0.15) is 11.9 Å². The lowest BCUT2D eigenvalue weighted by molar-refractivity contribution is -0.140. The van der Waals surface area contributed by atoms with Crippen LogP contribution in [0.2, 0.25) is 10.2 Å². The van der Waals surface area contributed by atoms with Gasteiger partial charge in [-0.25, -0.2) is 13.4 Å². The van der Waals surface area contributed by atoms with E-state index in [0.717, 1.165) is 23.0 Å². The molecule has 31 heavy (non-hydrogen) atoms. The van der Waals surface area contributed by atoms with Crippen LogP contribution in [0.3, 0.4) is 0 Å². The molecule has 1 aromatic carbocycles. The first-order chi connectivity index (χ1) is 14.7. The van der Waals surface area contributed by atoms with Gasteiger partial charge in [-0.2, -0.15) is 4.31 Å². The predicted octanol–water partition coefficient (Wildman–Crippen LogP) is 3.31. The fourth-order valence-corrected chi connectivity index (χ4v) is 6.01. The number of imidazole rings is 1. The van der Waals surface area contributed by atoms with Crippen LogP contribution in [0.5, 0.6) is 0 Å². The first kappa shape index (κ1) is 24.0. The number of halogens is 2. The minimum atomic E-state index is -3.99. The van der Waals surface area contributed by atoms with Crippen molar-refractivity contribution in [2.24, 2.45) is 0 Å². The maximum absolute atomic E-state index is 13.0. The summed E-state index contributed by atoms with van der Waals surface area (Å²) in [5.74, 6) is -0.429. The fraction of sp³-hybridized carbons (Fsp3) is 0.500. The SMILES string of the molecule is CCCCc1nc(Cl)c(CO)n1Cc1ccc(S(=O)(=O)N2CCCC2C(=O)O)cc1Cl. The van der Waals surface area contributed by atoms with Gasteiger partial charge in [-0.05, 0) is 37.0 Å².